The number of hydrogen-bond acceptors (Lipinski definition) is 2. The summed E-state index contributed by atoms with van der Waals surface area (Å²) < 4.78 is 22.5. The molecule has 2 N–H and O–H groups in total. The smallest absolute Gasteiger partial charge is 0.323 e. The van der Waals surface area contributed by atoms with Gasteiger partial charge in [-0.15, -0.1) is 0 Å². The molecule has 1 saturated heterocycles. The molecule has 0 radical (unpaired) electrons. The maximum absolute atomic E-state index is 11.9. The van der Waals surface area contributed by atoms with E-state index in [0.29, 0.717) is 22.5 Å². The summed E-state index contributed by atoms with van der Waals surface area (Å²) in [5, 5.41) is 0. The third kappa shape index (κ3) is 1.40. The molecule has 0 aromatic heterocycles. The van der Waals surface area contributed by atoms with Crippen LogP contribution in [0, 0.1) is 0 Å². The van der Waals surface area contributed by atoms with Gasteiger partial charge in [0.15, 0.2) is 0 Å². The number of nitrogens with zero attached hydrogens (tertiary/aromatic N) is 1. The summed E-state index contributed by atoms with van der Waals surface area (Å²) in [5.41, 5.74) is 7.44. The van der Waals surface area contributed by atoms with E-state index in [1.165, 1.54) is 4.90 Å². The molecule has 4 rings (SSSR count). The highest BCUT2D eigenvalue weighted by Gasteiger charge is 2.47. The number of fused-ring (bicyclic) bond motifs is 5. The molecule has 2 atom stereocenters. The lowest BCUT2D eigenvalue weighted by Gasteiger charge is -2.23. The Morgan fingerprint density at radius 1 is 1.05 bits per heavy atom. The number of epoxide rings is 1. The summed E-state index contributed by atoms with van der Waals surface area (Å²) in [6, 6.07) is 13.2. The van der Waals surface area contributed by atoms with Gasteiger partial charge in [-0.3, -0.25) is 4.90 Å². The van der Waals surface area contributed by atoms with E-state index in [2.05, 4.69) is 0 Å². The van der Waals surface area contributed by atoms with Crippen LogP contribution >= 0.6 is 0 Å². The Labute approximate surface area is 113 Å². The number of ether oxygens (including phenoxy) is 1. The van der Waals surface area contributed by atoms with E-state index in [1.807, 2.05) is 0 Å². The summed E-state index contributed by atoms with van der Waals surface area (Å²) in [6.45, 7) is 0. The number of amides is 2. The average molecular weight is 255 g/mol. The molecule has 0 spiro atoms. The maximum atomic E-state index is 11.9. The Kier molecular flexibility index (Phi) is 1.64. The van der Waals surface area contributed by atoms with Gasteiger partial charge < -0.3 is 10.5 Å². The highest BCUT2D eigenvalue weighted by atomic mass is 16.6. The molecule has 2 aliphatic rings. The highest BCUT2D eigenvalue weighted by Crippen LogP contribution is 2.58. The second-order valence-electron chi connectivity index (χ2n) is 4.47. The molecule has 2 amide bonds. The number of nitrogens with two attached hydrogens (primary N) is 1. The minimum absolute atomic E-state index is 0.468. The summed E-state index contributed by atoms with van der Waals surface area (Å²) >= 11 is 0. The fourth-order valence-electron chi connectivity index (χ4n) is 2.52. The van der Waals surface area contributed by atoms with Crippen molar-refractivity contribution in [2.45, 2.75) is 12.2 Å². The van der Waals surface area contributed by atoms with E-state index in [9.17, 15) is 4.79 Å². The predicted molar refractivity (Wildman–Crippen MR) is 71.2 cm³/mol. The molecule has 0 saturated carbocycles. The lowest BCUT2D eigenvalue weighted by atomic mass is 10.0. The number of carbonyl (C=O) groups is 1. The monoisotopic (exact) mass is 255 g/mol. The topological polar surface area (TPSA) is 58.9 Å². The molecular formula is C15H12N2O2. The van der Waals surface area contributed by atoms with Crippen molar-refractivity contribution in [3.63, 3.8) is 0 Å². The molecule has 19 heavy (non-hydrogen) atoms. The first-order valence-electron chi connectivity index (χ1n) is 6.98. The van der Waals surface area contributed by atoms with Crippen molar-refractivity contribution >= 4 is 17.4 Å². The fraction of sp³-hybridized carbons (Fsp3) is 0.133. The molecule has 2 aromatic rings. The molecule has 4 nitrogen and oxygen atoms in total. The zero-order chi connectivity index (χ0) is 14.8. The van der Waals surface area contributed by atoms with E-state index in [4.69, 9.17) is 13.2 Å². The number of carbonyl (C=O) groups excluding carboxylic acids is 1. The van der Waals surface area contributed by atoms with Crippen molar-refractivity contribution in [3.05, 3.63) is 59.7 Å². The van der Waals surface area contributed by atoms with E-state index >= 15 is 0 Å². The molecule has 2 heterocycles. The van der Waals surface area contributed by atoms with E-state index in [1.54, 1.807) is 48.5 Å². The predicted octanol–water partition coefficient (Wildman–Crippen LogP) is 3.03. The van der Waals surface area contributed by atoms with E-state index < -0.39 is 18.2 Å². The van der Waals surface area contributed by atoms with Crippen LogP contribution in [0.15, 0.2) is 48.5 Å². The number of primary amides is 1. The lowest BCUT2D eigenvalue weighted by molar-refractivity contribution is 0.256. The van der Waals surface area contributed by atoms with Crippen LogP contribution in [0.3, 0.4) is 0 Å². The Morgan fingerprint density at radius 2 is 1.53 bits per heavy atom. The average Bonchev–Trinajstić information content (AvgIpc) is 3.05. The summed E-state index contributed by atoms with van der Waals surface area (Å²) in [5.74, 6) is 0. The third-order valence-corrected chi connectivity index (χ3v) is 3.37. The first-order valence-corrected chi connectivity index (χ1v) is 5.98. The van der Waals surface area contributed by atoms with Gasteiger partial charge in [-0.25, -0.2) is 4.79 Å². The highest BCUT2D eigenvalue weighted by molar-refractivity contribution is 6.00. The molecule has 4 heteroatoms. The molecular weight excluding hydrogens is 241 g/mol. The van der Waals surface area contributed by atoms with Crippen molar-refractivity contribution in [2.24, 2.45) is 5.73 Å². The van der Waals surface area contributed by atoms with Gasteiger partial charge in [0, 0.05) is 11.1 Å². The van der Waals surface area contributed by atoms with Crippen molar-refractivity contribution in [3.8, 4) is 0 Å². The van der Waals surface area contributed by atoms with Crippen molar-refractivity contribution < 1.29 is 12.3 Å². The largest absolute Gasteiger partial charge is 0.359 e. The summed E-state index contributed by atoms with van der Waals surface area (Å²) in [7, 11) is 0. The first-order chi connectivity index (χ1) is 9.99. The SMILES string of the molecule is [2H]C12OC1([2H])c1ccccc1N([13C](N)=O)c1ccccc12. The third-order valence-electron chi connectivity index (χ3n) is 3.37. The van der Waals surface area contributed by atoms with Gasteiger partial charge in [0.05, 0.1) is 14.1 Å². The summed E-state index contributed by atoms with van der Waals surface area (Å²) in [6.07, 6.45) is -3.05. The number of para-hydroxylation sites is 2. The van der Waals surface area contributed by atoms with Gasteiger partial charge in [-0.2, -0.15) is 0 Å². The van der Waals surface area contributed by atoms with Gasteiger partial charge in [0.1, 0.15) is 12.2 Å². The quantitative estimate of drug-likeness (QED) is 0.581. The zero-order valence-electron chi connectivity index (χ0n) is 12.0. The van der Waals surface area contributed by atoms with Crippen LogP contribution in [0.5, 0.6) is 0 Å². The molecule has 2 aliphatic heterocycles. The molecule has 0 aliphatic carbocycles. The number of benzene rings is 2. The lowest BCUT2D eigenvalue weighted by Crippen LogP contribution is -2.32. The van der Waals surface area contributed by atoms with E-state index in [0.717, 1.165) is 0 Å². The fourth-order valence-corrected chi connectivity index (χ4v) is 2.52. The van der Waals surface area contributed by atoms with Crippen LogP contribution in [0.25, 0.3) is 0 Å². The Balaban J connectivity index is 2.11. The molecule has 2 aromatic carbocycles. The summed E-state index contributed by atoms with van der Waals surface area (Å²) in [4.78, 5) is 13.3. The Hall–Kier alpha value is -2.33. The van der Waals surface area contributed by atoms with Gasteiger partial charge in [0.2, 0.25) is 0 Å². The van der Waals surface area contributed by atoms with Gasteiger partial charge in [0.25, 0.3) is 0 Å². The second-order valence-corrected chi connectivity index (χ2v) is 4.47. The maximum Gasteiger partial charge on any atom is 0.323 e. The van der Waals surface area contributed by atoms with Gasteiger partial charge >= 0.3 is 6.03 Å². The number of urea groups is 1. The molecule has 1 fully saturated rings. The van der Waals surface area contributed by atoms with E-state index in [-0.39, 0.29) is 0 Å². The number of hydrogen-bond donors (Lipinski definition) is 1. The van der Waals surface area contributed by atoms with Crippen molar-refractivity contribution in [2.75, 3.05) is 4.90 Å². The molecule has 94 valence electrons. The van der Waals surface area contributed by atoms with Crippen LogP contribution in [0.4, 0.5) is 16.2 Å². The molecule has 0 bridgehead atoms. The number of anilines is 2. The van der Waals surface area contributed by atoms with Crippen LogP contribution in [0.1, 0.15) is 26.0 Å². The van der Waals surface area contributed by atoms with Crippen LogP contribution in [0.2, 0.25) is 0 Å². The normalized spacial score (nSPS) is 32.1. The zero-order valence-corrected chi connectivity index (χ0v) is 9.96. The van der Waals surface area contributed by atoms with Crippen LogP contribution in [-0.4, -0.2) is 6.03 Å². The Bertz CT molecular complexity index is 724. The van der Waals surface area contributed by atoms with Crippen molar-refractivity contribution in [1.82, 2.24) is 0 Å². The van der Waals surface area contributed by atoms with Gasteiger partial charge in [-0.1, -0.05) is 36.4 Å². The van der Waals surface area contributed by atoms with Gasteiger partial charge in [-0.05, 0) is 12.1 Å². The minimum atomic E-state index is -1.52. The molecule has 2 unspecified atom stereocenters. The first kappa shape index (κ1) is 8.72. The second kappa shape index (κ2) is 3.59. The van der Waals surface area contributed by atoms with Crippen LogP contribution < -0.4 is 10.6 Å². The Morgan fingerprint density at radius 3 is 2.00 bits per heavy atom. The number of rotatable bonds is 0. The minimum Gasteiger partial charge on any atom is -0.359 e. The van der Waals surface area contributed by atoms with Crippen LogP contribution in [-0.2, 0) is 4.74 Å². The van der Waals surface area contributed by atoms with Crippen molar-refractivity contribution in [1.29, 1.82) is 0 Å². The standard InChI is InChI=1S/C15H12N2O2/c16-15(18)17-11-7-3-1-5-9(11)13-14(19-13)10-6-2-4-8-12(10)17/h1-8,13-14H,(H2,16,18)/i13D,14D,15+1.